The SMILES string of the molecule is COC(=O)c1ccc(C2NC(=O)C3=C2C(=O)C2CC(Cl)CCC2O3)cc1. The van der Waals surface area contributed by atoms with Crippen LogP contribution in [0.4, 0.5) is 0 Å². The van der Waals surface area contributed by atoms with Crippen molar-refractivity contribution in [2.45, 2.75) is 36.8 Å². The Morgan fingerprint density at radius 3 is 2.65 bits per heavy atom. The van der Waals surface area contributed by atoms with Crippen LogP contribution in [0, 0.1) is 5.92 Å². The van der Waals surface area contributed by atoms with E-state index in [-0.39, 0.29) is 34.8 Å². The van der Waals surface area contributed by atoms with E-state index in [2.05, 4.69) is 10.1 Å². The Labute approximate surface area is 155 Å². The van der Waals surface area contributed by atoms with Gasteiger partial charge in [0, 0.05) is 5.38 Å². The van der Waals surface area contributed by atoms with Crippen LogP contribution in [-0.4, -0.2) is 36.3 Å². The van der Waals surface area contributed by atoms with E-state index in [1.54, 1.807) is 24.3 Å². The molecule has 4 unspecified atom stereocenters. The van der Waals surface area contributed by atoms with Gasteiger partial charge in [0.25, 0.3) is 5.91 Å². The number of rotatable bonds is 2. The monoisotopic (exact) mass is 375 g/mol. The summed E-state index contributed by atoms with van der Waals surface area (Å²) in [6, 6.07) is 6.06. The number of amides is 1. The molecule has 2 heterocycles. The summed E-state index contributed by atoms with van der Waals surface area (Å²) in [5.41, 5.74) is 1.48. The van der Waals surface area contributed by atoms with Crippen molar-refractivity contribution in [3.8, 4) is 0 Å². The van der Waals surface area contributed by atoms with E-state index < -0.39 is 12.0 Å². The number of benzene rings is 1. The highest BCUT2D eigenvalue weighted by atomic mass is 35.5. The number of hydrogen-bond acceptors (Lipinski definition) is 5. The fourth-order valence-electron chi connectivity index (χ4n) is 3.93. The molecule has 1 N–H and O–H groups in total. The Hall–Kier alpha value is -2.34. The Morgan fingerprint density at radius 1 is 1.23 bits per heavy atom. The molecule has 26 heavy (non-hydrogen) atoms. The van der Waals surface area contributed by atoms with Gasteiger partial charge in [-0.25, -0.2) is 4.79 Å². The van der Waals surface area contributed by atoms with Crippen molar-refractivity contribution >= 4 is 29.3 Å². The lowest BCUT2D eigenvalue weighted by Gasteiger charge is -2.37. The molecule has 4 rings (SSSR count). The fourth-order valence-corrected chi connectivity index (χ4v) is 4.25. The van der Waals surface area contributed by atoms with E-state index >= 15 is 0 Å². The number of hydrogen-bond donors (Lipinski definition) is 1. The molecule has 0 spiro atoms. The molecule has 7 heteroatoms. The zero-order valence-corrected chi connectivity index (χ0v) is 14.9. The average Bonchev–Trinajstić information content (AvgIpc) is 2.99. The lowest BCUT2D eigenvalue weighted by molar-refractivity contribution is -0.132. The summed E-state index contributed by atoms with van der Waals surface area (Å²) in [6.45, 7) is 0. The number of alkyl halides is 1. The van der Waals surface area contributed by atoms with E-state index in [9.17, 15) is 14.4 Å². The maximum atomic E-state index is 13.1. The molecule has 1 aromatic carbocycles. The lowest BCUT2D eigenvalue weighted by Crippen LogP contribution is -2.41. The van der Waals surface area contributed by atoms with Gasteiger partial charge in [0.15, 0.2) is 11.5 Å². The molecule has 1 fully saturated rings. The van der Waals surface area contributed by atoms with Crippen molar-refractivity contribution in [1.29, 1.82) is 0 Å². The highest BCUT2D eigenvalue weighted by Gasteiger charge is 2.49. The number of ketones is 1. The first kappa shape index (κ1) is 17.1. The number of fused-ring (bicyclic) bond motifs is 1. The second kappa shape index (κ2) is 6.43. The molecule has 0 radical (unpaired) electrons. The summed E-state index contributed by atoms with van der Waals surface area (Å²) in [7, 11) is 1.31. The number of carbonyl (C=O) groups excluding carboxylic acids is 3. The summed E-state index contributed by atoms with van der Waals surface area (Å²) >= 11 is 6.24. The van der Waals surface area contributed by atoms with Crippen LogP contribution in [-0.2, 0) is 19.1 Å². The van der Waals surface area contributed by atoms with Crippen molar-refractivity contribution in [1.82, 2.24) is 5.32 Å². The molecule has 0 saturated heterocycles. The first-order valence-corrected chi connectivity index (χ1v) is 9.01. The van der Waals surface area contributed by atoms with E-state index in [1.807, 2.05) is 0 Å². The third-order valence-electron chi connectivity index (χ3n) is 5.27. The fraction of sp³-hybridized carbons (Fsp3) is 0.421. The molecule has 1 amide bonds. The molecule has 6 nitrogen and oxygen atoms in total. The van der Waals surface area contributed by atoms with Crippen LogP contribution >= 0.6 is 11.6 Å². The molecule has 1 saturated carbocycles. The third kappa shape index (κ3) is 2.69. The molecular weight excluding hydrogens is 358 g/mol. The second-order valence-corrected chi connectivity index (χ2v) is 7.42. The third-order valence-corrected chi connectivity index (χ3v) is 5.67. The summed E-state index contributed by atoms with van der Waals surface area (Å²) in [4.78, 5) is 37.0. The van der Waals surface area contributed by atoms with Gasteiger partial charge in [-0.2, -0.15) is 0 Å². The van der Waals surface area contributed by atoms with Gasteiger partial charge in [-0.1, -0.05) is 12.1 Å². The number of esters is 1. The number of nitrogens with one attached hydrogen (secondary N) is 1. The minimum atomic E-state index is -0.576. The van der Waals surface area contributed by atoms with Gasteiger partial charge in [0.1, 0.15) is 6.10 Å². The van der Waals surface area contributed by atoms with Gasteiger partial charge < -0.3 is 14.8 Å². The molecule has 0 bridgehead atoms. The minimum Gasteiger partial charge on any atom is -0.483 e. The van der Waals surface area contributed by atoms with Gasteiger partial charge in [0.05, 0.1) is 30.2 Å². The summed E-state index contributed by atoms with van der Waals surface area (Å²) in [6.07, 6.45) is 1.73. The molecule has 2 aliphatic heterocycles. The lowest BCUT2D eigenvalue weighted by atomic mass is 9.77. The first-order valence-electron chi connectivity index (χ1n) is 8.58. The zero-order valence-electron chi connectivity index (χ0n) is 14.2. The molecular formula is C19H18ClNO5. The number of carbonyl (C=O) groups is 3. The quantitative estimate of drug-likeness (QED) is 0.633. The van der Waals surface area contributed by atoms with Gasteiger partial charge in [0.2, 0.25) is 0 Å². The summed E-state index contributed by atoms with van der Waals surface area (Å²) in [5.74, 6) is -1.06. The zero-order chi connectivity index (χ0) is 18.4. The van der Waals surface area contributed by atoms with Crippen LogP contribution in [0.15, 0.2) is 35.6 Å². The number of halogens is 1. The largest absolute Gasteiger partial charge is 0.483 e. The van der Waals surface area contributed by atoms with E-state index in [0.717, 1.165) is 6.42 Å². The van der Waals surface area contributed by atoms with E-state index in [0.29, 0.717) is 29.5 Å². The maximum absolute atomic E-state index is 13.1. The Kier molecular flexibility index (Phi) is 4.23. The van der Waals surface area contributed by atoms with Gasteiger partial charge in [-0.15, -0.1) is 11.6 Å². The van der Waals surface area contributed by atoms with Crippen molar-refractivity contribution in [2.24, 2.45) is 5.92 Å². The van der Waals surface area contributed by atoms with Crippen LogP contribution < -0.4 is 5.32 Å². The molecule has 3 aliphatic rings. The van der Waals surface area contributed by atoms with Crippen molar-refractivity contribution in [3.05, 3.63) is 46.7 Å². The second-order valence-electron chi connectivity index (χ2n) is 6.80. The van der Waals surface area contributed by atoms with Crippen LogP contribution in [0.3, 0.4) is 0 Å². The predicted molar refractivity (Wildman–Crippen MR) is 92.6 cm³/mol. The van der Waals surface area contributed by atoms with Crippen LogP contribution in [0.5, 0.6) is 0 Å². The molecule has 4 atom stereocenters. The van der Waals surface area contributed by atoms with Crippen molar-refractivity contribution in [3.63, 3.8) is 0 Å². The topological polar surface area (TPSA) is 81.7 Å². The van der Waals surface area contributed by atoms with Crippen LogP contribution in [0.2, 0.25) is 0 Å². The normalized spacial score (nSPS) is 30.2. The number of methoxy groups -OCH3 is 1. The molecule has 136 valence electrons. The Bertz CT molecular complexity index is 816. The smallest absolute Gasteiger partial charge is 0.337 e. The Morgan fingerprint density at radius 2 is 1.96 bits per heavy atom. The van der Waals surface area contributed by atoms with Crippen molar-refractivity contribution < 1.29 is 23.9 Å². The van der Waals surface area contributed by atoms with E-state index in [4.69, 9.17) is 16.3 Å². The van der Waals surface area contributed by atoms with Gasteiger partial charge >= 0.3 is 5.97 Å². The first-order chi connectivity index (χ1) is 12.5. The average molecular weight is 376 g/mol. The highest BCUT2D eigenvalue weighted by molar-refractivity contribution is 6.21. The van der Waals surface area contributed by atoms with Crippen molar-refractivity contribution in [2.75, 3.05) is 7.11 Å². The molecule has 0 aromatic heterocycles. The molecule has 1 aromatic rings. The number of Topliss-reactive ketones (excluding diaryl/α,β-unsaturated/α-hetero) is 1. The van der Waals surface area contributed by atoms with E-state index in [1.165, 1.54) is 7.11 Å². The minimum absolute atomic E-state index is 0.0474. The van der Waals surface area contributed by atoms with Gasteiger partial charge in [-0.3, -0.25) is 9.59 Å². The number of ether oxygens (including phenoxy) is 2. The summed E-state index contributed by atoms with van der Waals surface area (Å²) < 4.78 is 10.6. The van der Waals surface area contributed by atoms with Crippen LogP contribution in [0.25, 0.3) is 0 Å². The maximum Gasteiger partial charge on any atom is 0.337 e. The van der Waals surface area contributed by atoms with Gasteiger partial charge in [-0.05, 0) is 37.0 Å². The highest BCUT2D eigenvalue weighted by Crippen LogP contribution is 2.43. The Balaban J connectivity index is 1.67. The standard InChI is InChI=1S/C19H18ClNO5/c1-25-19(24)10-4-2-9(3-5-10)15-14-16(22)12-8-11(20)6-7-13(12)26-17(14)18(23)21-15/h2-5,11-13,15H,6-8H2,1H3,(H,21,23). The predicted octanol–water partition coefficient (Wildman–Crippen LogP) is 2.27. The summed E-state index contributed by atoms with van der Waals surface area (Å²) in [5, 5.41) is 2.77. The van der Waals surface area contributed by atoms with Crippen LogP contribution in [0.1, 0.15) is 41.2 Å². The molecule has 1 aliphatic carbocycles.